The second-order valence-electron chi connectivity index (χ2n) is 6.20. The normalized spacial score (nSPS) is 10.5. The highest BCUT2D eigenvalue weighted by molar-refractivity contribution is 6.06. The molecule has 3 aromatic rings. The zero-order valence-electron chi connectivity index (χ0n) is 16.0. The first-order valence-corrected chi connectivity index (χ1v) is 9.08. The number of amides is 1. The van der Waals surface area contributed by atoms with Crippen LogP contribution in [0.15, 0.2) is 84.9 Å². The van der Waals surface area contributed by atoms with E-state index in [4.69, 9.17) is 9.47 Å². The van der Waals surface area contributed by atoms with Crippen molar-refractivity contribution in [1.82, 2.24) is 0 Å². The summed E-state index contributed by atoms with van der Waals surface area (Å²) in [6, 6.07) is 23.3. The fourth-order valence-electron chi connectivity index (χ4n) is 2.57. The van der Waals surface area contributed by atoms with Crippen molar-refractivity contribution in [3.8, 4) is 11.5 Å². The lowest BCUT2D eigenvalue weighted by Gasteiger charge is -2.07. The van der Waals surface area contributed by atoms with Crippen LogP contribution in [0.25, 0.3) is 6.08 Å². The maximum absolute atomic E-state index is 12.3. The van der Waals surface area contributed by atoms with Gasteiger partial charge in [0, 0.05) is 11.3 Å². The third-order valence-electron chi connectivity index (χ3n) is 4.11. The van der Waals surface area contributed by atoms with E-state index in [1.54, 1.807) is 49.6 Å². The van der Waals surface area contributed by atoms with Gasteiger partial charge >= 0.3 is 0 Å². The molecule has 0 aromatic heterocycles. The highest BCUT2D eigenvalue weighted by Crippen LogP contribution is 2.15. The fraction of sp³-hybridized carbons (Fsp3) is 0.0833. The van der Waals surface area contributed by atoms with E-state index < -0.39 is 0 Å². The van der Waals surface area contributed by atoms with Crippen LogP contribution < -0.4 is 14.8 Å². The van der Waals surface area contributed by atoms with Crippen LogP contribution in [0.3, 0.4) is 0 Å². The molecule has 1 N–H and O–H groups in total. The Morgan fingerprint density at radius 2 is 1.52 bits per heavy atom. The van der Waals surface area contributed by atoms with Crippen molar-refractivity contribution in [3.63, 3.8) is 0 Å². The molecule has 0 aliphatic heterocycles. The van der Waals surface area contributed by atoms with E-state index in [-0.39, 0.29) is 18.3 Å². The monoisotopic (exact) mass is 387 g/mol. The molecule has 1 amide bonds. The number of methoxy groups -OCH3 is 1. The molecule has 3 aromatic carbocycles. The van der Waals surface area contributed by atoms with Gasteiger partial charge in [-0.25, -0.2) is 0 Å². The predicted octanol–water partition coefficient (Wildman–Crippen LogP) is 4.61. The molecule has 5 nitrogen and oxygen atoms in total. The van der Waals surface area contributed by atoms with Crippen LogP contribution in [-0.2, 0) is 4.79 Å². The lowest BCUT2D eigenvalue weighted by atomic mass is 10.1. The van der Waals surface area contributed by atoms with Crippen molar-refractivity contribution in [2.24, 2.45) is 0 Å². The summed E-state index contributed by atoms with van der Waals surface area (Å²) >= 11 is 0. The lowest BCUT2D eigenvalue weighted by Crippen LogP contribution is -2.20. The third kappa shape index (κ3) is 6.07. The molecular weight excluding hydrogens is 366 g/mol. The van der Waals surface area contributed by atoms with Gasteiger partial charge in [-0.05, 0) is 60.2 Å². The number of nitrogens with one attached hydrogen (secondary N) is 1. The first kappa shape index (κ1) is 19.9. The van der Waals surface area contributed by atoms with E-state index in [9.17, 15) is 9.59 Å². The van der Waals surface area contributed by atoms with Crippen molar-refractivity contribution < 1.29 is 19.1 Å². The van der Waals surface area contributed by atoms with Crippen molar-refractivity contribution in [3.05, 3.63) is 96.1 Å². The highest BCUT2D eigenvalue weighted by Gasteiger charge is 2.05. The molecular formula is C24H21NO4. The minimum absolute atomic E-state index is 0.112. The number of allylic oxidation sites excluding steroid dienone is 1. The molecule has 0 spiro atoms. The SMILES string of the molecule is COc1ccc(/C=C/C(=O)c2ccc(OCC(=O)Nc3ccccc3)cc2)cc1. The molecule has 0 saturated carbocycles. The molecule has 29 heavy (non-hydrogen) atoms. The molecule has 0 bridgehead atoms. The average molecular weight is 387 g/mol. The van der Waals surface area contributed by atoms with Gasteiger partial charge < -0.3 is 14.8 Å². The van der Waals surface area contributed by atoms with Crippen LogP contribution in [0.5, 0.6) is 11.5 Å². The Balaban J connectivity index is 1.51. The van der Waals surface area contributed by atoms with Gasteiger partial charge in [0.1, 0.15) is 11.5 Å². The predicted molar refractivity (Wildman–Crippen MR) is 113 cm³/mol. The van der Waals surface area contributed by atoms with E-state index >= 15 is 0 Å². The van der Waals surface area contributed by atoms with Crippen LogP contribution in [0.1, 0.15) is 15.9 Å². The maximum Gasteiger partial charge on any atom is 0.262 e. The molecule has 0 fully saturated rings. The number of benzene rings is 3. The quantitative estimate of drug-likeness (QED) is 0.453. The van der Waals surface area contributed by atoms with E-state index in [1.807, 2.05) is 42.5 Å². The summed E-state index contributed by atoms with van der Waals surface area (Å²) in [6.07, 6.45) is 3.27. The third-order valence-corrected chi connectivity index (χ3v) is 4.11. The Kier molecular flexibility index (Phi) is 6.79. The van der Waals surface area contributed by atoms with Gasteiger partial charge in [-0.3, -0.25) is 9.59 Å². The number of hydrogen-bond acceptors (Lipinski definition) is 4. The summed E-state index contributed by atoms with van der Waals surface area (Å²) in [6.45, 7) is -0.112. The Bertz CT molecular complexity index is 978. The molecule has 3 rings (SSSR count). The van der Waals surface area contributed by atoms with E-state index in [1.165, 1.54) is 6.08 Å². The van der Waals surface area contributed by atoms with Gasteiger partial charge in [0.05, 0.1) is 7.11 Å². The molecule has 5 heteroatoms. The number of ether oxygens (including phenoxy) is 2. The first-order valence-electron chi connectivity index (χ1n) is 9.08. The minimum atomic E-state index is -0.251. The van der Waals surface area contributed by atoms with Gasteiger partial charge in [0.25, 0.3) is 5.91 Å². The second kappa shape index (κ2) is 9.90. The molecule has 0 radical (unpaired) electrons. The van der Waals surface area contributed by atoms with Crippen LogP contribution in [0.4, 0.5) is 5.69 Å². The smallest absolute Gasteiger partial charge is 0.262 e. The number of carbonyl (C=O) groups is 2. The second-order valence-corrected chi connectivity index (χ2v) is 6.20. The number of anilines is 1. The molecule has 0 heterocycles. The van der Waals surface area contributed by atoms with E-state index in [0.717, 1.165) is 11.3 Å². The van der Waals surface area contributed by atoms with E-state index in [0.29, 0.717) is 17.0 Å². The maximum atomic E-state index is 12.3. The van der Waals surface area contributed by atoms with Crippen LogP contribution >= 0.6 is 0 Å². The van der Waals surface area contributed by atoms with Crippen molar-refractivity contribution in [2.45, 2.75) is 0 Å². The average Bonchev–Trinajstić information content (AvgIpc) is 2.77. The molecule has 0 unspecified atom stereocenters. The van der Waals surface area contributed by atoms with Gasteiger partial charge in [-0.1, -0.05) is 36.4 Å². The van der Waals surface area contributed by atoms with Crippen LogP contribution in [0.2, 0.25) is 0 Å². The summed E-state index contributed by atoms with van der Waals surface area (Å²) in [5, 5.41) is 2.75. The molecule has 0 saturated heterocycles. The van der Waals surface area contributed by atoms with Gasteiger partial charge in [-0.2, -0.15) is 0 Å². The Morgan fingerprint density at radius 3 is 2.17 bits per heavy atom. The van der Waals surface area contributed by atoms with Gasteiger partial charge in [-0.15, -0.1) is 0 Å². The summed E-state index contributed by atoms with van der Waals surface area (Å²) in [7, 11) is 1.61. The summed E-state index contributed by atoms with van der Waals surface area (Å²) in [5.74, 6) is 0.915. The van der Waals surface area contributed by atoms with Crippen molar-refractivity contribution in [2.75, 3.05) is 19.0 Å². The summed E-state index contributed by atoms with van der Waals surface area (Å²) in [4.78, 5) is 24.2. The fourth-order valence-corrected chi connectivity index (χ4v) is 2.57. The topological polar surface area (TPSA) is 64.6 Å². The summed E-state index contributed by atoms with van der Waals surface area (Å²) in [5.41, 5.74) is 2.16. The largest absolute Gasteiger partial charge is 0.497 e. The lowest BCUT2D eigenvalue weighted by molar-refractivity contribution is -0.118. The number of para-hydroxylation sites is 1. The number of carbonyl (C=O) groups excluding carboxylic acids is 2. The number of hydrogen-bond donors (Lipinski definition) is 1. The minimum Gasteiger partial charge on any atom is -0.497 e. The number of ketones is 1. The standard InChI is InChI=1S/C24H21NO4/c1-28-21-12-7-18(8-13-21)9-16-23(26)19-10-14-22(15-11-19)29-17-24(27)25-20-5-3-2-4-6-20/h2-16H,17H2,1H3,(H,25,27)/b16-9+. The Morgan fingerprint density at radius 1 is 0.862 bits per heavy atom. The van der Waals surface area contributed by atoms with Gasteiger partial charge in [0.2, 0.25) is 0 Å². The van der Waals surface area contributed by atoms with Crippen molar-refractivity contribution in [1.29, 1.82) is 0 Å². The number of rotatable bonds is 8. The van der Waals surface area contributed by atoms with E-state index in [2.05, 4.69) is 5.32 Å². The molecule has 0 atom stereocenters. The summed E-state index contributed by atoms with van der Waals surface area (Å²) < 4.78 is 10.6. The van der Waals surface area contributed by atoms with Crippen LogP contribution in [-0.4, -0.2) is 25.4 Å². The zero-order chi connectivity index (χ0) is 20.5. The first-order chi connectivity index (χ1) is 14.1. The van der Waals surface area contributed by atoms with Crippen LogP contribution in [0, 0.1) is 0 Å². The highest BCUT2D eigenvalue weighted by atomic mass is 16.5. The van der Waals surface area contributed by atoms with Gasteiger partial charge in [0.15, 0.2) is 12.4 Å². The van der Waals surface area contributed by atoms with Crippen molar-refractivity contribution >= 4 is 23.5 Å². The zero-order valence-corrected chi connectivity index (χ0v) is 16.0. The molecule has 0 aliphatic rings. The Labute approximate surface area is 169 Å². The molecule has 0 aliphatic carbocycles. The Hall–Kier alpha value is -3.86. The molecule has 146 valence electrons.